The summed E-state index contributed by atoms with van der Waals surface area (Å²) in [5.74, 6) is 1.84. The lowest BCUT2D eigenvalue weighted by molar-refractivity contribution is 0.749. The first kappa shape index (κ1) is 15.3. The molecule has 0 atom stereocenters. The van der Waals surface area contributed by atoms with Crippen LogP contribution >= 0.6 is 0 Å². The van der Waals surface area contributed by atoms with Gasteiger partial charge in [-0.3, -0.25) is 9.39 Å². The van der Waals surface area contributed by atoms with Gasteiger partial charge in [0.2, 0.25) is 0 Å². The van der Waals surface area contributed by atoms with Crippen LogP contribution < -0.4 is 10.6 Å². The van der Waals surface area contributed by atoms with Crippen molar-refractivity contribution in [1.82, 2.24) is 25.2 Å². The molecule has 0 aromatic carbocycles. The molecule has 0 saturated carbocycles. The van der Waals surface area contributed by atoms with Gasteiger partial charge in [0, 0.05) is 32.3 Å². The molecule has 6 nitrogen and oxygen atoms in total. The first-order chi connectivity index (χ1) is 10.3. The summed E-state index contributed by atoms with van der Waals surface area (Å²) in [5.41, 5.74) is 0.885. The maximum atomic E-state index is 4.54. The van der Waals surface area contributed by atoms with E-state index in [4.69, 9.17) is 0 Å². The lowest BCUT2D eigenvalue weighted by Gasteiger charge is -2.10. The molecule has 2 heterocycles. The van der Waals surface area contributed by atoms with Crippen LogP contribution in [0.3, 0.4) is 0 Å². The predicted octanol–water partition coefficient (Wildman–Crippen LogP) is 1.63. The van der Waals surface area contributed by atoms with Crippen molar-refractivity contribution >= 4 is 11.6 Å². The molecule has 2 aromatic rings. The molecular weight excluding hydrogens is 264 g/mol. The van der Waals surface area contributed by atoms with Crippen LogP contribution in [-0.2, 0) is 6.42 Å². The standard InChI is InChI=1S/C15H24N6/c1-3-5-10-17-15(16-4-2)18-11-9-14-20-19-13-8-6-7-12-21(13)14/h6-8,12H,3-5,9-11H2,1-2H3,(H2,16,17,18). The molecule has 0 fully saturated rings. The quantitative estimate of drug-likeness (QED) is 0.462. The zero-order chi connectivity index (χ0) is 14.9. The number of guanidine groups is 1. The summed E-state index contributed by atoms with van der Waals surface area (Å²) >= 11 is 0. The largest absolute Gasteiger partial charge is 0.357 e. The van der Waals surface area contributed by atoms with Gasteiger partial charge in [-0.1, -0.05) is 19.4 Å². The van der Waals surface area contributed by atoms with Gasteiger partial charge in [-0.2, -0.15) is 0 Å². The maximum absolute atomic E-state index is 4.54. The first-order valence-corrected chi connectivity index (χ1v) is 7.66. The van der Waals surface area contributed by atoms with Crippen molar-refractivity contribution < 1.29 is 0 Å². The van der Waals surface area contributed by atoms with Crippen molar-refractivity contribution in [2.45, 2.75) is 33.1 Å². The van der Waals surface area contributed by atoms with E-state index in [2.05, 4.69) is 39.7 Å². The summed E-state index contributed by atoms with van der Waals surface area (Å²) in [6.07, 6.45) is 5.08. The number of rotatable bonds is 7. The molecule has 0 bridgehead atoms. The molecule has 0 aliphatic heterocycles. The second-order valence-corrected chi connectivity index (χ2v) is 4.84. The minimum absolute atomic E-state index is 0.785. The Morgan fingerprint density at radius 2 is 2.14 bits per heavy atom. The highest BCUT2D eigenvalue weighted by atomic mass is 15.2. The number of hydrogen-bond donors (Lipinski definition) is 2. The second-order valence-electron chi connectivity index (χ2n) is 4.84. The number of hydrogen-bond acceptors (Lipinski definition) is 3. The normalized spacial score (nSPS) is 11.8. The molecule has 0 radical (unpaired) electrons. The Kier molecular flexibility index (Phi) is 5.99. The third-order valence-corrected chi connectivity index (χ3v) is 3.15. The lowest BCUT2D eigenvalue weighted by Crippen LogP contribution is -2.38. The second kappa shape index (κ2) is 8.24. The van der Waals surface area contributed by atoms with E-state index in [0.717, 1.165) is 56.3 Å². The van der Waals surface area contributed by atoms with Crippen molar-refractivity contribution in [2.24, 2.45) is 4.99 Å². The van der Waals surface area contributed by atoms with Gasteiger partial charge in [-0.05, 0) is 25.5 Å². The highest BCUT2D eigenvalue weighted by Gasteiger charge is 2.04. The van der Waals surface area contributed by atoms with Gasteiger partial charge >= 0.3 is 0 Å². The molecule has 114 valence electrons. The molecule has 2 aromatic heterocycles. The summed E-state index contributed by atoms with van der Waals surface area (Å²) in [6.45, 7) is 6.76. The van der Waals surface area contributed by atoms with Crippen LogP contribution in [0, 0.1) is 0 Å². The van der Waals surface area contributed by atoms with E-state index in [1.54, 1.807) is 0 Å². The van der Waals surface area contributed by atoms with Crippen LogP contribution in [-0.4, -0.2) is 40.2 Å². The minimum Gasteiger partial charge on any atom is -0.357 e. The SMILES string of the molecule is CCCCN=C(NCC)NCCc1nnc2ccccn12. The third-order valence-electron chi connectivity index (χ3n) is 3.15. The van der Waals surface area contributed by atoms with E-state index < -0.39 is 0 Å². The third kappa shape index (κ3) is 4.44. The van der Waals surface area contributed by atoms with Gasteiger partial charge in [-0.25, -0.2) is 0 Å². The maximum Gasteiger partial charge on any atom is 0.191 e. The number of aliphatic imine (C=N–C) groups is 1. The van der Waals surface area contributed by atoms with Gasteiger partial charge < -0.3 is 10.6 Å². The average molecular weight is 288 g/mol. The number of unbranched alkanes of at least 4 members (excludes halogenated alkanes) is 1. The zero-order valence-electron chi connectivity index (χ0n) is 12.8. The predicted molar refractivity (Wildman–Crippen MR) is 85.6 cm³/mol. The van der Waals surface area contributed by atoms with Crippen molar-refractivity contribution in [1.29, 1.82) is 0 Å². The van der Waals surface area contributed by atoms with E-state index in [1.165, 1.54) is 0 Å². The van der Waals surface area contributed by atoms with Crippen LogP contribution in [0.5, 0.6) is 0 Å². The number of nitrogens with zero attached hydrogens (tertiary/aromatic N) is 4. The van der Waals surface area contributed by atoms with Crippen molar-refractivity contribution in [3.63, 3.8) is 0 Å². The molecule has 0 aliphatic carbocycles. The fourth-order valence-corrected chi connectivity index (χ4v) is 2.04. The van der Waals surface area contributed by atoms with Gasteiger partial charge in [0.15, 0.2) is 11.6 Å². The summed E-state index contributed by atoms with van der Waals surface area (Å²) in [6, 6.07) is 5.92. The van der Waals surface area contributed by atoms with Crippen LogP contribution in [0.15, 0.2) is 29.4 Å². The molecule has 6 heteroatoms. The first-order valence-electron chi connectivity index (χ1n) is 7.66. The topological polar surface area (TPSA) is 66.6 Å². The van der Waals surface area contributed by atoms with Gasteiger partial charge in [0.25, 0.3) is 0 Å². The Labute approximate surface area is 125 Å². The average Bonchev–Trinajstić information content (AvgIpc) is 2.91. The van der Waals surface area contributed by atoms with Gasteiger partial charge in [-0.15, -0.1) is 10.2 Å². The van der Waals surface area contributed by atoms with Crippen molar-refractivity contribution in [2.75, 3.05) is 19.6 Å². The fraction of sp³-hybridized carbons (Fsp3) is 0.533. The molecule has 2 rings (SSSR count). The Bertz CT molecular complexity index is 574. The Morgan fingerprint density at radius 3 is 2.95 bits per heavy atom. The summed E-state index contributed by atoms with van der Waals surface area (Å²) in [5, 5.41) is 15.0. The highest BCUT2D eigenvalue weighted by molar-refractivity contribution is 5.79. The summed E-state index contributed by atoms with van der Waals surface area (Å²) in [4.78, 5) is 4.54. The van der Waals surface area contributed by atoms with E-state index in [0.29, 0.717) is 0 Å². The Hall–Kier alpha value is -2.11. The smallest absolute Gasteiger partial charge is 0.191 e. The minimum atomic E-state index is 0.785. The zero-order valence-corrected chi connectivity index (χ0v) is 12.8. The molecule has 21 heavy (non-hydrogen) atoms. The summed E-state index contributed by atoms with van der Waals surface area (Å²) in [7, 11) is 0. The van der Waals surface area contributed by atoms with E-state index in [-0.39, 0.29) is 0 Å². The molecule has 0 unspecified atom stereocenters. The van der Waals surface area contributed by atoms with Crippen LogP contribution in [0.2, 0.25) is 0 Å². The van der Waals surface area contributed by atoms with Gasteiger partial charge in [0.1, 0.15) is 5.82 Å². The Balaban J connectivity index is 1.88. The number of fused-ring (bicyclic) bond motifs is 1. The van der Waals surface area contributed by atoms with Crippen molar-refractivity contribution in [3.8, 4) is 0 Å². The number of aromatic nitrogens is 3. The van der Waals surface area contributed by atoms with Crippen molar-refractivity contribution in [3.05, 3.63) is 30.2 Å². The molecule has 0 spiro atoms. The molecular formula is C15H24N6. The summed E-state index contributed by atoms with van der Waals surface area (Å²) < 4.78 is 2.02. The molecule has 0 saturated heterocycles. The lowest BCUT2D eigenvalue weighted by atomic mass is 10.3. The monoisotopic (exact) mass is 288 g/mol. The van der Waals surface area contributed by atoms with Crippen LogP contribution in [0.1, 0.15) is 32.5 Å². The Morgan fingerprint density at radius 1 is 1.24 bits per heavy atom. The number of pyridine rings is 1. The van der Waals surface area contributed by atoms with E-state index in [9.17, 15) is 0 Å². The molecule has 2 N–H and O–H groups in total. The van der Waals surface area contributed by atoms with E-state index in [1.807, 2.05) is 28.8 Å². The van der Waals surface area contributed by atoms with Crippen LogP contribution in [0.4, 0.5) is 0 Å². The fourth-order valence-electron chi connectivity index (χ4n) is 2.04. The van der Waals surface area contributed by atoms with Gasteiger partial charge in [0.05, 0.1) is 0 Å². The van der Waals surface area contributed by atoms with Crippen LogP contribution in [0.25, 0.3) is 5.65 Å². The highest BCUT2D eigenvalue weighted by Crippen LogP contribution is 2.02. The molecule has 0 aliphatic rings. The molecule has 0 amide bonds. The van der Waals surface area contributed by atoms with E-state index >= 15 is 0 Å². The number of nitrogens with one attached hydrogen (secondary N) is 2.